The second-order valence-electron chi connectivity index (χ2n) is 7.12. The zero-order valence-corrected chi connectivity index (χ0v) is 15.9. The van der Waals surface area contributed by atoms with Crippen LogP contribution < -0.4 is 0 Å². The molecule has 0 aromatic heterocycles. The maximum atomic E-state index is 6.03. The fourth-order valence-electron chi connectivity index (χ4n) is 3.35. The minimum Gasteiger partial charge on any atom is -0.378 e. The lowest BCUT2D eigenvalue weighted by molar-refractivity contribution is -0.0326. The molecule has 0 spiro atoms. The van der Waals surface area contributed by atoms with Crippen LogP contribution in [0.2, 0.25) is 0 Å². The first-order valence-electron chi connectivity index (χ1n) is 10.3. The van der Waals surface area contributed by atoms with E-state index in [9.17, 15) is 0 Å². The van der Waals surface area contributed by atoms with Crippen molar-refractivity contribution in [3.05, 3.63) is 25.3 Å². The van der Waals surface area contributed by atoms with Gasteiger partial charge in [-0.3, -0.25) is 0 Å². The summed E-state index contributed by atoms with van der Waals surface area (Å²) in [4.78, 5) is 0. The van der Waals surface area contributed by atoms with E-state index in [0.29, 0.717) is 12.2 Å². The second-order valence-corrected chi connectivity index (χ2v) is 7.12. The molecule has 0 unspecified atom stereocenters. The molecular weight excluding hydrogens is 296 g/mol. The van der Waals surface area contributed by atoms with Crippen LogP contribution in [0.3, 0.4) is 0 Å². The lowest BCUT2D eigenvalue weighted by Crippen LogP contribution is -2.27. The quantitative estimate of drug-likeness (QED) is 0.233. The summed E-state index contributed by atoms with van der Waals surface area (Å²) in [5.74, 6) is 0. The van der Waals surface area contributed by atoms with Crippen LogP contribution in [0.25, 0.3) is 0 Å². The monoisotopic (exact) mass is 336 g/mol. The predicted octanol–water partition coefficient (Wildman–Crippen LogP) is 6.60. The Morgan fingerprint density at radius 3 is 1.33 bits per heavy atom. The zero-order chi connectivity index (χ0) is 17.3. The molecule has 0 radical (unpaired) electrons. The van der Waals surface area contributed by atoms with Gasteiger partial charge in [-0.15, -0.1) is 13.2 Å². The van der Waals surface area contributed by atoms with Gasteiger partial charge in [0.05, 0.1) is 12.2 Å². The van der Waals surface area contributed by atoms with Crippen molar-refractivity contribution in [3.8, 4) is 0 Å². The van der Waals surface area contributed by atoms with Crippen molar-refractivity contribution in [2.75, 3.05) is 13.2 Å². The van der Waals surface area contributed by atoms with Crippen molar-refractivity contribution in [2.24, 2.45) is 0 Å². The summed E-state index contributed by atoms with van der Waals surface area (Å²) in [6, 6.07) is 0. The van der Waals surface area contributed by atoms with Crippen molar-refractivity contribution in [1.29, 1.82) is 0 Å². The van der Waals surface area contributed by atoms with Crippen molar-refractivity contribution in [1.82, 2.24) is 0 Å². The van der Waals surface area contributed by atoms with Gasteiger partial charge < -0.3 is 9.47 Å². The second kappa shape index (κ2) is 15.9. The van der Waals surface area contributed by atoms with Gasteiger partial charge in [0, 0.05) is 13.2 Å². The van der Waals surface area contributed by atoms with Crippen LogP contribution in [0, 0.1) is 0 Å². The maximum absolute atomic E-state index is 6.03. The van der Waals surface area contributed by atoms with E-state index < -0.39 is 0 Å². The minimum absolute atomic E-state index is 0.483. The highest BCUT2D eigenvalue weighted by Crippen LogP contribution is 2.24. The van der Waals surface area contributed by atoms with Crippen molar-refractivity contribution in [3.63, 3.8) is 0 Å². The van der Waals surface area contributed by atoms with E-state index >= 15 is 0 Å². The Morgan fingerprint density at radius 2 is 0.958 bits per heavy atom. The van der Waals surface area contributed by atoms with Crippen LogP contribution in [-0.2, 0) is 9.47 Å². The third-order valence-electron chi connectivity index (χ3n) is 4.93. The molecule has 1 aliphatic carbocycles. The Kier molecular flexibility index (Phi) is 14.2. The van der Waals surface area contributed by atoms with Gasteiger partial charge in [0.25, 0.3) is 0 Å². The smallest absolute Gasteiger partial charge is 0.0577 e. The first-order chi connectivity index (χ1) is 11.9. The molecule has 0 aromatic carbocycles. The van der Waals surface area contributed by atoms with E-state index in [2.05, 4.69) is 13.2 Å². The van der Waals surface area contributed by atoms with Crippen LogP contribution in [0.5, 0.6) is 0 Å². The van der Waals surface area contributed by atoms with Gasteiger partial charge in [-0.2, -0.15) is 0 Å². The van der Waals surface area contributed by atoms with E-state index in [-0.39, 0.29) is 0 Å². The van der Waals surface area contributed by atoms with Crippen LogP contribution in [0.15, 0.2) is 25.3 Å². The van der Waals surface area contributed by atoms with Gasteiger partial charge in [-0.1, -0.05) is 37.8 Å². The number of unbranched alkanes of at least 4 members (excludes halogenated alkanes) is 8. The molecule has 140 valence electrons. The van der Waals surface area contributed by atoms with Crippen molar-refractivity contribution >= 4 is 0 Å². The Bertz CT molecular complexity index is 262. The zero-order valence-electron chi connectivity index (χ0n) is 15.9. The lowest BCUT2D eigenvalue weighted by Gasteiger charge is -2.28. The molecular formula is C22H40O2. The van der Waals surface area contributed by atoms with E-state index in [1.54, 1.807) is 0 Å². The molecule has 0 atom stereocenters. The van der Waals surface area contributed by atoms with Gasteiger partial charge in [0.15, 0.2) is 0 Å². The highest BCUT2D eigenvalue weighted by Gasteiger charge is 2.21. The molecule has 0 bridgehead atoms. The van der Waals surface area contributed by atoms with Gasteiger partial charge in [-0.05, 0) is 64.2 Å². The van der Waals surface area contributed by atoms with Crippen LogP contribution in [0.4, 0.5) is 0 Å². The molecule has 0 aromatic rings. The Labute approximate surface area is 150 Å². The van der Waals surface area contributed by atoms with Crippen LogP contribution in [-0.4, -0.2) is 25.4 Å². The first kappa shape index (κ1) is 21.4. The number of hydrogen-bond acceptors (Lipinski definition) is 2. The molecule has 1 fully saturated rings. The fraction of sp³-hybridized carbons (Fsp3) is 0.818. The molecule has 0 N–H and O–H groups in total. The molecule has 1 saturated carbocycles. The third kappa shape index (κ3) is 11.9. The molecule has 2 nitrogen and oxygen atoms in total. The molecule has 0 amide bonds. The summed E-state index contributed by atoms with van der Waals surface area (Å²) in [7, 11) is 0. The van der Waals surface area contributed by atoms with E-state index in [4.69, 9.17) is 9.47 Å². The average Bonchev–Trinajstić information content (AvgIpc) is 2.61. The number of hydrogen-bond donors (Lipinski definition) is 0. The maximum Gasteiger partial charge on any atom is 0.0577 e. The summed E-state index contributed by atoms with van der Waals surface area (Å²) in [6.07, 6.45) is 22.2. The molecule has 2 heteroatoms. The first-order valence-corrected chi connectivity index (χ1v) is 10.3. The minimum atomic E-state index is 0.483. The highest BCUT2D eigenvalue weighted by atomic mass is 16.5. The summed E-state index contributed by atoms with van der Waals surface area (Å²) in [6.45, 7) is 9.40. The fourth-order valence-corrected chi connectivity index (χ4v) is 3.35. The largest absolute Gasteiger partial charge is 0.378 e. The third-order valence-corrected chi connectivity index (χ3v) is 4.93. The Morgan fingerprint density at radius 1 is 0.583 bits per heavy atom. The number of ether oxygens (including phenoxy) is 2. The Balaban J connectivity index is 1.87. The van der Waals surface area contributed by atoms with Gasteiger partial charge in [-0.25, -0.2) is 0 Å². The SMILES string of the molecule is C=CCCCCCCOC1CCC(OCCCCCCC=C)CC1. The van der Waals surface area contributed by atoms with Crippen LogP contribution >= 0.6 is 0 Å². The topological polar surface area (TPSA) is 18.5 Å². The normalized spacial score (nSPS) is 20.8. The molecule has 1 aliphatic rings. The predicted molar refractivity (Wildman–Crippen MR) is 105 cm³/mol. The number of allylic oxidation sites excluding steroid dienone is 2. The summed E-state index contributed by atoms with van der Waals surface area (Å²) in [5, 5.41) is 0. The summed E-state index contributed by atoms with van der Waals surface area (Å²) >= 11 is 0. The van der Waals surface area contributed by atoms with Gasteiger partial charge in [0.2, 0.25) is 0 Å². The Hall–Kier alpha value is -0.600. The van der Waals surface area contributed by atoms with Gasteiger partial charge >= 0.3 is 0 Å². The highest BCUT2D eigenvalue weighted by molar-refractivity contribution is 4.73. The molecule has 0 heterocycles. The molecule has 0 saturated heterocycles. The van der Waals surface area contributed by atoms with Gasteiger partial charge in [0.1, 0.15) is 0 Å². The molecule has 0 aliphatic heterocycles. The molecule has 24 heavy (non-hydrogen) atoms. The van der Waals surface area contributed by atoms with Crippen molar-refractivity contribution < 1.29 is 9.47 Å². The standard InChI is InChI=1S/C22H40O2/c1-3-5-7-9-11-13-19-23-21-15-17-22(18-16-21)24-20-14-12-10-8-6-4-2/h3-4,21-22H,1-2,5-20H2. The van der Waals surface area contributed by atoms with E-state index in [1.165, 1.54) is 77.0 Å². The average molecular weight is 337 g/mol. The van der Waals surface area contributed by atoms with Crippen LogP contribution in [0.1, 0.15) is 89.9 Å². The van der Waals surface area contributed by atoms with E-state index in [1.807, 2.05) is 12.2 Å². The lowest BCUT2D eigenvalue weighted by atomic mass is 9.95. The van der Waals surface area contributed by atoms with E-state index in [0.717, 1.165) is 26.1 Å². The molecule has 1 rings (SSSR count). The summed E-state index contributed by atoms with van der Waals surface area (Å²) in [5.41, 5.74) is 0. The van der Waals surface area contributed by atoms with Crippen molar-refractivity contribution in [2.45, 2.75) is 102 Å². The number of rotatable bonds is 16. The summed E-state index contributed by atoms with van der Waals surface area (Å²) < 4.78 is 12.1.